The molecule has 1 aromatic heterocycles. The second-order valence-corrected chi connectivity index (χ2v) is 4.57. The zero-order chi connectivity index (χ0) is 14.7. The number of anilines is 1. The van der Waals surface area contributed by atoms with Gasteiger partial charge in [-0.25, -0.2) is 4.98 Å². The number of hydrogen-bond acceptors (Lipinski definition) is 5. The first-order valence-electron chi connectivity index (χ1n) is 5.39. The van der Waals surface area contributed by atoms with Crippen LogP contribution in [0.15, 0.2) is 41.0 Å². The lowest BCUT2D eigenvalue weighted by Crippen LogP contribution is -2.13. The van der Waals surface area contributed by atoms with E-state index in [9.17, 15) is 20.0 Å². The van der Waals surface area contributed by atoms with E-state index in [1.165, 1.54) is 18.3 Å². The van der Waals surface area contributed by atoms with Crippen molar-refractivity contribution in [2.24, 2.45) is 0 Å². The van der Waals surface area contributed by atoms with Crippen molar-refractivity contribution in [1.29, 1.82) is 0 Å². The number of para-hydroxylation sites is 1. The fourth-order valence-corrected chi connectivity index (χ4v) is 1.87. The Morgan fingerprint density at radius 1 is 1.35 bits per heavy atom. The molecule has 2 aromatic rings. The van der Waals surface area contributed by atoms with Gasteiger partial charge in [0.25, 0.3) is 5.91 Å². The summed E-state index contributed by atoms with van der Waals surface area (Å²) in [5, 5.41) is 22.9. The first-order chi connectivity index (χ1) is 9.50. The average molecular weight is 338 g/mol. The zero-order valence-corrected chi connectivity index (χ0v) is 11.5. The number of pyridine rings is 1. The van der Waals surface area contributed by atoms with E-state index in [0.29, 0.717) is 4.47 Å². The standard InChI is InChI=1S/C12H8BrN3O4/c13-8-4-2-6-14-11(8)15-12(18)7-3-1-5-9(10(7)17)16(19)20/h1-6,17H,(H,14,15,18). The van der Waals surface area contributed by atoms with Crippen LogP contribution < -0.4 is 5.32 Å². The van der Waals surface area contributed by atoms with Crippen molar-refractivity contribution in [3.8, 4) is 5.75 Å². The minimum atomic E-state index is -0.761. The molecule has 2 rings (SSSR count). The van der Waals surface area contributed by atoms with Gasteiger partial charge in [-0.2, -0.15) is 0 Å². The number of carbonyl (C=O) groups excluding carboxylic acids is 1. The summed E-state index contributed by atoms with van der Waals surface area (Å²) in [5.74, 6) is -1.11. The molecule has 0 aliphatic rings. The molecule has 0 spiro atoms. The number of phenolic OH excluding ortho intramolecular Hbond substituents is 1. The zero-order valence-electron chi connectivity index (χ0n) is 9.91. The number of aromatic hydroxyl groups is 1. The van der Waals surface area contributed by atoms with Crippen molar-refractivity contribution in [2.45, 2.75) is 0 Å². The first kappa shape index (κ1) is 13.9. The molecule has 0 atom stereocenters. The summed E-state index contributed by atoms with van der Waals surface area (Å²) >= 11 is 3.21. The molecular weight excluding hydrogens is 330 g/mol. The normalized spacial score (nSPS) is 10.1. The van der Waals surface area contributed by atoms with Crippen LogP contribution in [0.4, 0.5) is 11.5 Å². The molecule has 0 bridgehead atoms. The Balaban J connectivity index is 2.33. The van der Waals surface area contributed by atoms with Crippen molar-refractivity contribution in [3.63, 3.8) is 0 Å². The summed E-state index contributed by atoms with van der Waals surface area (Å²) in [6.45, 7) is 0. The number of amides is 1. The van der Waals surface area contributed by atoms with Crippen LogP contribution >= 0.6 is 15.9 Å². The smallest absolute Gasteiger partial charge is 0.311 e. The van der Waals surface area contributed by atoms with Crippen LogP contribution in [-0.4, -0.2) is 20.9 Å². The Kier molecular flexibility index (Phi) is 3.94. The number of halogens is 1. The van der Waals surface area contributed by atoms with E-state index < -0.39 is 22.3 Å². The van der Waals surface area contributed by atoms with E-state index >= 15 is 0 Å². The Bertz CT molecular complexity index is 690. The molecule has 0 fully saturated rings. The van der Waals surface area contributed by atoms with Crippen LogP contribution in [0.3, 0.4) is 0 Å². The van der Waals surface area contributed by atoms with Gasteiger partial charge in [0, 0.05) is 12.3 Å². The Morgan fingerprint density at radius 3 is 2.75 bits per heavy atom. The van der Waals surface area contributed by atoms with E-state index in [1.807, 2.05) is 0 Å². The molecule has 0 saturated heterocycles. The number of nitro benzene ring substituents is 1. The second kappa shape index (κ2) is 5.66. The molecule has 0 unspecified atom stereocenters. The van der Waals surface area contributed by atoms with Crippen LogP contribution in [0.5, 0.6) is 5.75 Å². The van der Waals surface area contributed by atoms with Gasteiger partial charge in [0.2, 0.25) is 5.75 Å². The highest BCUT2D eigenvalue weighted by molar-refractivity contribution is 9.10. The second-order valence-electron chi connectivity index (χ2n) is 3.72. The van der Waals surface area contributed by atoms with Gasteiger partial charge in [0.1, 0.15) is 5.82 Å². The number of nitrogens with zero attached hydrogens (tertiary/aromatic N) is 2. The average Bonchev–Trinajstić information content (AvgIpc) is 2.41. The van der Waals surface area contributed by atoms with Crippen molar-refractivity contribution < 1.29 is 14.8 Å². The van der Waals surface area contributed by atoms with Gasteiger partial charge in [-0.3, -0.25) is 14.9 Å². The fourth-order valence-electron chi connectivity index (χ4n) is 1.51. The maximum Gasteiger partial charge on any atom is 0.311 e. The monoisotopic (exact) mass is 337 g/mol. The lowest BCUT2D eigenvalue weighted by Gasteiger charge is -2.07. The summed E-state index contributed by atoms with van der Waals surface area (Å²) < 4.78 is 0.554. The van der Waals surface area contributed by atoms with Gasteiger partial charge < -0.3 is 10.4 Å². The van der Waals surface area contributed by atoms with Gasteiger partial charge in [0.05, 0.1) is 15.0 Å². The Labute approximate surface area is 121 Å². The van der Waals surface area contributed by atoms with Crippen molar-refractivity contribution >= 4 is 33.3 Å². The van der Waals surface area contributed by atoms with Crippen LogP contribution in [0.2, 0.25) is 0 Å². The number of aromatic nitrogens is 1. The molecule has 0 saturated carbocycles. The maximum absolute atomic E-state index is 12.0. The van der Waals surface area contributed by atoms with Crippen LogP contribution in [0.25, 0.3) is 0 Å². The third-order valence-electron chi connectivity index (χ3n) is 2.45. The molecule has 1 heterocycles. The number of nitrogens with one attached hydrogen (secondary N) is 1. The number of phenols is 1. The minimum Gasteiger partial charge on any atom is -0.502 e. The SMILES string of the molecule is O=C(Nc1ncccc1Br)c1cccc([N+](=O)[O-])c1O. The summed E-state index contributed by atoms with van der Waals surface area (Å²) in [6.07, 6.45) is 1.48. The Morgan fingerprint density at radius 2 is 2.10 bits per heavy atom. The van der Waals surface area contributed by atoms with Crippen molar-refractivity contribution in [2.75, 3.05) is 5.32 Å². The first-order valence-corrected chi connectivity index (χ1v) is 6.18. The Hall–Kier alpha value is -2.48. The lowest BCUT2D eigenvalue weighted by molar-refractivity contribution is -0.385. The van der Waals surface area contributed by atoms with E-state index in [1.54, 1.807) is 12.1 Å². The summed E-state index contributed by atoms with van der Waals surface area (Å²) in [7, 11) is 0. The van der Waals surface area contributed by atoms with Crippen LogP contribution in [-0.2, 0) is 0 Å². The number of benzene rings is 1. The van der Waals surface area contributed by atoms with Gasteiger partial charge >= 0.3 is 5.69 Å². The third kappa shape index (κ3) is 2.75. The molecule has 7 nitrogen and oxygen atoms in total. The van der Waals surface area contributed by atoms with E-state index in [-0.39, 0.29) is 11.4 Å². The number of hydrogen-bond donors (Lipinski definition) is 2. The predicted molar refractivity (Wildman–Crippen MR) is 74.7 cm³/mol. The molecule has 8 heteroatoms. The predicted octanol–water partition coefficient (Wildman–Crippen LogP) is 2.71. The molecule has 0 aliphatic heterocycles. The molecule has 20 heavy (non-hydrogen) atoms. The maximum atomic E-state index is 12.0. The molecular formula is C12H8BrN3O4. The highest BCUT2D eigenvalue weighted by Crippen LogP contribution is 2.30. The molecule has 1 aromatic carbocycles. The van der Waals surface area contributed by atoms with Crippen molar-refractivity contribution in [1.82, 2.24) is 4.98 Å². The molecule has 102 valence electrons. The fraction of sp³-hybridized carbons (Fsp3) is 0. The molecule has 0 radical (unpaired) electrons. The molecule has 2 N–H and O–H groups in total. The lowest BCUT2D eigenvalue weighted by atomic mass is 10.1. The van der Waals surface area contributed by atoms with E-state index in [4.69, 9.17) is 0 Å². The van der Waals surface area contributed by atoms with Gasteiger partial charge in [-0.1, -0.05) is 6.07 Å². The topological polar surface area (TPSA) is 105 Å². The third-order valence-corrected chi connectivity index (χ3v) is 3.09. The van der Waals surface area contributed by atoms with Gasteiger partial charge in [0.15, 0.2) is 0 Å². The van der Waals surface area contributed by atoms with Gasteiger partial charge in [-0.05, 0) is 34.1 Å². The highest BCUT2D eigenvalue weighted by Gasteiger charge is 2.21. The largest absolute Gasteiger partial charge is 0.502 e. The number of rotatable bonds is 3. The van der Waals surface area contributed by atoms with Crippen LogP contribution in [0.1, 0.15) is 10.4 Å². The van der Waals surface area contributed by atoms with E-state index in [2.05, 4.69) is 26.2 Å². The quantitative estimate of drug-likeness (QED) is 0.661. The van der Waals surface area contributed by atoms with Gasteiger partial charge in [-0.15, -0.1) is 0 Å². The van der Waals surface area contributed by atoms with Crippen LogP contribution in [0, 0.1) is 10.1 Å². The van der Waals surface area contributed by atoms with Crippen molar-refractivity contribution in [3.05, 3.63) is 56.7 Å². The summed E-state index contributed by atoms with van der Waals surface area (Å²) in [6, 6.07) is 7.07. The highest BCUT2D eigenvalue weighted by atomic mass is 79.9. The molecule has 1 amide bonds. The summed E-state index contributed by atoms with van der Waals surface area (Å²) in [5.41, 5.74) is -0.727. The minimum absolute atomic E-state index is 0.197. The number of carbonyl (C=O) groups is 1. The molecule has 0 aliphatic carbocycles. The summed E-state index contributed by atoms with van der Waals surface area (Å²) in [4.78, 5) is 25.9. The van der Waals surface area contributed by atoms with E-state index in [0.717, 1.165) is 6.07 Å². The number of nitro groups is 1.